The van der Waals surface area contributed by atoms with Crippen molar-refractivity contribution in [2.24, 2.45) is 5.73 Å². The molecule has 2 unspecified atom stereocenters. The number of piperidine rings is 1. The third-order valence-electron chi connectivity index (χ3n) is 4.61. The molecule has 1 saturated heterocycles. The van der Waals surface area contributed by atoms with Gasteiger partial charge in [-0.15, -0.1) is 0 Å². The number of nitrogens with zero attached hydrogens (tertiary/aromatic N) is 1. The fourth-order valence-electron chi connectivity index (χ4n) is 3.25. The first-order valence-electron chi connectivity index (χ1n) is 7.76. The smallest absolute Gasteiger partial charge is 0.0366 e. The quantitative estimate of drug-likeness (QED) is 0.910. The van der Waals surface area contributed by atoms with E-state index in [9.17, 15) is 0 Å². The molecular weight excluding hydrogens is 256 g/mol. The van der Waals surface area contributed by atoms with E-state index in [4.69, 9.17) is 5.73 Å². The Morgan fingerprint density at radius 2 is 1.71 bits per heavy atom. The van der Waals surface area contributed by atoms with Gasteiger partial charge in [0.2, 0.25) is 0 Å². The summed E-state index contributed by atoms with van der Waals surface area (Å²) in [5.41, 5.74) is 11.8. The maximum absolute atomic E-state index is 6.32. The van der Waals surface area contributed by atoms with Crippen molar-refractivity contribution in [1.29, 1.82) is 0 Å². The van der Waals surface area contributed by atoms with Crippen molar-refractivity contribution in [3.63, 3.8) is 0 Å². The fraction of sp³-hybridized carbons (Fsp3) is 0.368. The molecule has 1 aliphatic rings. The average Bonchev–Trinajstić information content (AvgIpc) is 2.50. The molecule has 2 aromatic carbocycles. The van der Waals surface area contributed by atoms with Gasteiger partial charge in [-0.3, -0.25) is 0 Å². The molecule has 21 heavy (non-hydrogen) atoms. The first-order valence-corrected chi connectivity index (χ1v) is 7.76. The molecule has 0 radical (unpaired) electrons. The summed E-state index contributed by atoms with van der Waals surface area (Å²) in [6, 6.07) is 17.7. The Balaban J connectivity index is 1.84. The van der Waals surface area contributed by atoms with Crippen molar-refractivity contribution < 1.29 is 0 Å². The van der Waals surface area contributed by atoms with Crippen molar-refractivity contribution in [3.8, 4) is 0 Å². The van der Waals surface area contributed by atoms with Crippen molar-refractivity contribution >= 4 is 5.69 Å². The number of aryl methyl sites for hydroxylation is 2. The lowest BCUT2D eigenvalue weighted by molar-refractivity contribution is 0.454. The molecule has 3 rings (SSSR count). The summed E-state index contributed by atoms with van der Waals surface area (Å²) >= 11 is 0. The largest absolute Gasteiger partial charge is 0.369 e. The van der Waals surface area contributed by atoms with Crippen LogP contribution in [0.1, 0.15) is 29.0 Å². The lowest BCUT2D eigenvalue weighted by Crippen LogP contribution is -2.46. The van der Waals surface area contributed by atoms with Gasteiger partial charge in [-0.1, -0.05) is 36.4 Å². The summed E-state index contributed by atoms with van der Waals surface area (Å²) in [6.45, 7) is 6.37. The molecule has 1 fully saturated rings. The van der Waals surface area contributed by atoms with Gasteiger partial charge < -0.3 is 10.6 Å². The normalized spacial score (nSPS) is 22.3. The zero-order valence-corrected chi connectivity index (χ0v) is 12.9. The minimum absolute atomic E-state index is 0.241. The fourth-order valence-corrected chi connectivity index (χ4v) is 3.25. The SMILES string of the molecule is Cc1ccc(C2CC(N)CN(c3ccccc3)C2)cc1C. The molecule has 0 amide bonds. The standard InChI is InChI=1S/C19H24N2/c1-14-8-9-16(10-15(14)2)17-11-18(20)13-21(12-17)19-6-4-3-5-7-19/h3-10,17-18H,11-13,20H2,1-2H3. The van der Waals surface area contributed by atoms with E-state index in [2.05, 4.69) is 67.3 Å². The van der Waals surface area contributed by atoms with Gasteiger partial charge in [0, 0.05) is 30.7 Å². The van der Waals surface area contributed by atoms with E-state index in [-0.39, 0.29) is 6.04 Å². The second-order valence-corrected chi connectivity index (χ2v) is 6.28. The van der Waals surface area contributed by atoms with Gasteiger partial charge in [-0.05, 0) is 49.1 Å². The number of para-hydroxylation sites is 1. The zero-order chi connectivity index (χ0) is 14.8. The number of benzene rings is 2. The van der Waals surface area contributed by atoms with E-state index in [0.717, 1.165) is 19.5 Å². The molecular formula is C19H24N2. The summed E-state index contributed by atoms with van der Waals surface area (Å²) in [7, 11) is 0. The van der Waals surface area contributed by atoms with Crippen LogP contribution in [0.4, 0.5) is 5.69 Å². The molecule has 1 heterocycles. The van der Waals surface area contributed by atoms with Gasteiger partial charge in [-0.25, -0.2) is 0 Å². The minimum Gasteiger partial charge on any atom is -0.369 e. The van der Waals surface area contributed by atoms with Crippen LogP contribution in [-0.4, -0.2) is 19.1 Å². The molecule has 2 atom stereocenters. The van der Waals surface area contributed by atoms with E-state index in [0.29, 0.717) is 5.92 Å². The van der Waals surface area contributed by atoms with E-state index in [1.165, 1.54) is 22.4 Å². The second-order valence-electron chi connectivity index (χ2n) is 6.28. The van der Waals surface area contributed by atoms with Crippen LogP contribution in [0.15, 0.2) is 48.5 Å². The number of hydrogen-bond acceptors (Lipinski definition) is 2. The zero-order valence-electron chi connectivity index (χ0n) is 12.9. The Hall–Kier alpha value is -1.80. The Kier molecular flexibility index (Phi) is 3.98. The summed E-state index contributed by atoms with van der Waals surface area (Å²) in [5.74, 6) is 0.522. The van der Waals surface area contributed by atoms with Gasteiger partial charge in [-0.2, -0.15) is 0 Å². The maximum Gasteiger partial charge on any atom is 0.0366 e. The average molecular weight is 280 g/mol. The topological polar surface area (TPSA) is 29.3 Å². The Labute approximate surface area is 127 Å². The lowest BCUT2D eigenvalue weighted by atomic mass is 9.87. The third-order valence-corrected chi connectivity index (χ3v) is 4.61. The predicted molar refractivity (Wildman–Crippen MR) is 89.9 cm³/mol. The van der Waals surface area contributed by atoms with Gasteiger partial charge in [0.15, 0.2) is 0 Å². The molecule has 0 saturated carbocycles. The van der Waals surface area contributed by atoms with Crippen molar-refractivity contribution in [2.75, 3.05) is 18.0 Å². The number of nitrogens with two attached hydrogens (primary N) is 1. The van der Waals surface area contributed by atoms with Gasteiger partial charge in [0.1, 0.15) is 0 Å². The molecule has 2 nitrogen and oxygen atoms in total. The molecule has 2 N–H and O–H groups in total. The Morgan fingerprint density at radius 1 is 0.952 bits per heavy atom. The first kappa shape index (κ1) is 14.2. The van der Waals surface area contributed by atoms with Crippen LogP contribution in [-0.2, 0) is 0 Å². The van der Waals surface area contributed by atoms with Crippen molar-refractivity contribution in [2.45, 2.75) is 32.2 Å². The van der Waals surface area contributed by atoms with Crippen LogP contribution < -0.4 is 10.6 Å². The highest BCUT2D eigenvalue weighted by atomic mass is 15.2. The molecule has 0 bridgehead atoms. The molecule has 0 aromatic heterocycles. The molecule has 0 spiro atoms. The van der Waals surface area contributed by atoms with E-state index >= 15 is 0 Å². The van der Waals surface area contributed by atoms with Crippen LogP contribution in [0.3, 0.4) is 0 Å². The summed E-state index contributed by atoms with van der Waals surface area (Å²) < 4.78 is 0. The molecule has 2 aromatic rings. The lowest BCUT2D eigenvalue weighted by Gasteiger charge is -2.38. The van der Waals surface area contributed by atoms with Gasteiger partial charge in [0.25, 0.3) is 0 Å². The van der Waals surface area contributed by atoms with E-state index in [1.54, 1.807) is 0 Å². The minimum atomic E-state index is 0.241. The number of rotatable bonds is 2. The molecule has 2 heteroatoms. The van der Waals surface area contributed by atoms with E-state index < -0.39 is 0 Å². The van der Waals surface area contributed by atoms with Crippen LogP contribution in [0.5, 0.6) is 0 Å². The highest BCUT2D eigenvalue weighted by Gasteiger charge is 2.26. The first-order chi connectivity index (χ1) is 10.1. The molecule has 0 aliphatic carbocycles. The summed E-state index contributed by atoms with van der Waals surface area (Å²) in [6.07, 6.45) is 1.08. The number of hydrogen-bond donors (Lipinski definition) is 1. The number of anilines is 1. The second kappa shape index (κ2) is 5.90. The predicted octanol–water partition coefficient (Wildman–Crippen LogP) is 3.62. The monoisotopic (exact) mass is 280 g/mol. The van der Waals surface area contributed by atoms with Crippen LogP contribution in [0.2, 0.25) is 0 Å². The molecule has 1 aliphatic heterocycles. The Morgan fingerprint density at radius 3 is 2.43 bits per heavy atom. The van der Waals surface area contributed by atoms with Gasteiger partial charge in [0.05, 0.1) is 0 Å². The highest BCUT2D eigenvalue weighted by molar-refractivity contribution is 5.48. The van der Waals surface area contributed by atoms with Crippen molar-refractivity contribution in [1.82, 2.24) is 0 Å². The van der Waals surface area contributed by atoms with E-state index in [1.807, 2.05) is 0 Å². The Bertz CT molecular complexity index is 606. The van der Waals surface area contributed by atoms with Crippen LogP contribution in [0.25, 0.3) is 0 Å². The molecule has 110 valence electrons. The summed E-state index contributed by atoms with van der Waals surface area (Å²) in [5, 5.41) is 0. The highest BCUT2D eigenvalue weighted by Crippen LogP contribution is 2.30. The third kappa shape index (κ3) is 3.11. The van der Waals surface area contributed by atoms with Crippen molar-refractivity contribution in [3.05, 3.63) is 65.2 Å². The maximum atomic E-state index is 6.32. The van der Waals surface area contributed by atoms with Crippen LogP contribution >= 0.6 is 0 Å². The van der Waals surface area contributed by atoms with Crippen LogP contribution in [0, 0.1) is 13.8 Å². The summed E-state index contributed by atoms with van der Waals surface area (Å²) in [4.78, 5) is 2.42. The van der Waals surface area contributed by atoms with Gasteiger partial charge >= 0.3 is 0 Å².